The molecule has 0 aromatic heterocycles. The minimum absolute atomic E-state index is 0.108. The summed E-state index contributed by atoms with van der Waals surface area (Å²) >= 11 is 0. The fraction of sp³-hybridized carbons (Fsp3) is 0.818. The smallest absolute Gasteiger partial charge is 0.323 e. The molecule has 5 nitrogen and oxygen atoms in total. The number of amides is 1. The Kier molecular flexibility index (Phi) is 3.91. The molecule has 5 heteroatoms. The van der Waals surface area contributed by atoms with Crippen LogP contribution in [0.1, 0.15) is 26.7 Å². The van der Waals surface area contributed by atoms with Gasteiger partial charge in [-0.15, -0.1) is 0 Å². The van der Waals surface area contributed by atoms with Crippen LogP contribution >= 0.6 is 0 Å². The maximum atomic E-state index is 11.5. The Morgan fingerprint density at radius 2 is 2.00 bits per heavy atom. The number of carbonyl (C=O) groups is 2. The topological polar surface area (TPSA) is 69.6 Å². The molecule has 2 N–H and O–H groups in total. The number of nitrogens with one attached hydrogen (secondary N) is 1. The number of hydrogen-bond donors (Lipinski definition) is 2. The lowest BCUT2D eigenvalue weighted by Gasteiger charge is -2.30. The summed E-state index contributed by atoms with van der Waals surface area (Å²) < 4.78 is 0. The number of carbonyl (C=O) groups excluding carboxylic acids is 1. The molecule has 92 valence electrons. The lowest BCUT2D eigenvalue weighted by molar-refractivity contribution is -0.149. The molecule has 1 aliphatic rings. The molecule has 1 amide bonds. The summed E-state index contributed by atoms with van der Waals surface area (Å²) in [6.45, 7) is 4.01. The van der Waals surface area contributed by atoms with Gasteiger partial charge in [0, 0.05) is 6.54 Å². The molecule has 1 rings (SSSR count). The first kappa shape index (κ1) is 13.0. The number of hydrogen-bond acceptors (Lipinski definition) is 3. The first-order valence-electron chi connectivity index (χ1n) is 5.55. The average molecular weight is 228 g/mol. The summed E-state index contributed by atoms with van der Waals surface area (Å²) in [6.07, 6.45) is 2.38. The molecule has 0 saturated heterocycles. The van der Waals surface area contributed by atoms with Crippen LogP contribution in [0.4, 0.5) is 0 Å². The Labute approximate surface area is 95.8 Å². The summed E-state index contributed by atoms with van der Waals surface area (Å²) in [5, 5.41) is 11.8. The second-order valence-corrected chi connectivity index (χ2v) is 4.97. The number of rotatable bonds is 6. The maximum Gasteiger partial charge on any atom is 0.323 e. The molecule has 1 saturated carbocycles. The summed E-state index contributed by atoms with van der Waals surface area (Å²) in [7, 11) is 1.64. The number of carboxylic acid groups (broad SMARTS) is 1. The number of carboxylic acids is 1. The number of aliphatic carboxylic acids is 1. The fourth-order valence-electron chi connectivity index (χ4n) is 1.21. The van der Waals surface area contributed by atoms with Crippen LogP contribution in [0.25, 0.3) is 0 Å². The zero-order valence-electron chi connectivity index (χ0n) is 10.1. The first-order chi connectivity index (χ1) is 7.34. The Bertz CT molecular complexity index is 285. The third kappa shape index (κ3) is 3.48. The van der Waals surface area contributed by atoms with E-state index in [2.05, 4.69) is 5.32 Å². The van der Waals surface area contributed by atoms with E-state index in [0.717, 1.165) is 6.54 Å². The van der Waals surface area contributed by atoms with E-state index >= 15 is 0 Å². The quantitative estimate of drug-likeness (QED) is 0.686. The highest BCUT2D eigenvalue weighted by Gasteiger charge is 2.33. The van der Waals surface area contributed by atoms with Gasteiger partial charge < -0.3 is 10.4 Å². The predicted octanol–water partition coefficient (Wildman–Crippen LogP) is 0.308. The molecule has 0 spiro atoms. The lowest BCUT2D eigenvalue weighted by atomic mass is 10.0. The van der Waals surface area contributed by atoms with Crippen LogP contribution in [0.2, 0.25) is 0 Å². The largest absolute Gasteiger partial charge is 0.480 e. The van der Waals surface area contributed by atoms with Gasteiger partial charge >= 0.3 is 5.97 Å². The molecular formula is C11H20N2O3. The first-order valence-corrected chi connectivity index (χ1v) is 5.55. The lowest BCUT2D eigenvalue weighted by Crippen LogP contribution is -2.51. The van der Waals surface area contributed by atoms with Crippen LogP contribution in [-0.4, -0.2) is 47.6 Å². The minimum Gasteiger partial charge on any atom is -0.480 e. The van der Waals surface area contributed by atoms with Gasteiger partial charge in [-0.2, -0.15) is 0 Å². The van der Waals surface area contributed by atoms with Crippen molar-refractivity contribution in [2.45, 2.75) is 32.2 Å². The minimum atomic E-state index is -1.02. The van der Waals surface area contributed by atoms with Gasteiger partial charge in [-0.3, -0.25) is 14.5 Å². The molecule has 0 aromatic rings. The van der Waals surface area contributed by atoms with E-state index in [1.54, 1.807) is 20.9 Å². The van der Waals surface area contributed by atoms with Crippen molar-refractivity contribution in [3.05, 3.63) is 0 Å². The molecular weight excluding hydrogens is 208 g/mol. The SMILES string of the molecule is CN(CC(=O)NCC1CC1)C(C)(C)C(=O)O. The molecule has 0 atom stereocenters. The molecule has 1 aliphatic carbocycles. The van der Waals surface area contributed by atoms with E-state index in [-0.39, 0.29) is 12.5 Å². The van der Waals surface area contributed by atoms with Gasteiger partial charge in [0.25, 0.3) is 0 Å². The van der Waals surface area contributed by atoms with Gasteiger partial charge in [0.2, 0.25) is 5.91 Å². The van der Waals surface area contributed by atoms with Crippen molar-refractivity contribution in [2.24, 2.45) is 5.92 Å². The van der Waals surface area contributed by atoms with Crippen molar-refractivity contribution < 1.29 is 14.7 Å². The highest BCUT2D eigenvalue weighted by atomic mass is 16.4. The van der Waals surface area contributed by atoms with Crippen LogP contribution < -0.4 is 5.32 Å². The van der Waals surface area contributed by atoms with Crippen LogP contribution in [0.5, 0.6) is 0 Å². The molecule has 1 fully saturated rings. The normalized spacial score (nSPS) is 16.2. The zero-order valence-corrected chi connectivity index (χ0v) is 10.1. The van der Waals surface area contributed by atoms with Gasteiger partial charge in [0.1, 0.15) is 5.54 Å². The van der Waals surface area contributed by atoms with E-state index in [1.807, 2.05) is 0 Å². The van der Waals surface area contributed by atoms with Crippen LogP contribution in [0.3, 0.4) is 0 Å². The van der Waals surface area contributed by atoms with Crippen molar-refractivity contribution in [1.29, 1.82) is 0 Å². The Morgan fingerprint density at radius 3 is 2.44 bits per heavy atom. The van der Waals surface area contributed by atoms with E-state index in [0.29, 0.717) is 5.92 Å². The third-order valence-corrected chi connectivity index (χ3v) is 3.14. The van der Waals surface area contributed by atoms with Crippen molar-refractivity contribution in [3.8, 4) is 0 Å². The number of likely N-dealkylation sites (N-methyl/N-ethyl adjacent to an activating group) is 1. The highest BCUT2D eigenvalue weighted by molar-refractivity contribution is 5.81. The summed E-state index contributed by atoms with van der Waals surface area (Å²) in [4.78, 5) is 24.0. The second-order valence-electron chi connectivity index (χ2n) is 4.97. The van der Waals surface area contributed by atoms with E-state index in [4.69, 9.17) is 5.11 Å². The van der Waals surface area contributed by atoms with Gasteiger partial charge in [0.15, 0.2) is 0 Å². The third-order valence-electron chi connectivity index (χ3n) is 3.14. The Balaban J connectivity index is 2.33. The van der Waals surface area contributed by atoms with Crippen LogP contribution in [0, 0.1) is 5.92 Å². The van der Waals surface area contributed by atoms with Gasteiger partial charge in [-0.1, -0.05) is 0 Å². The fourth-order valence-corrected chi connectivity index (χ4v) is 1.21. The Hall–Kier alpha value is -1.10. The molecule has 0 bridgehead atoms. The van der Waals surface area contributed by atoms with Gasteiger partial charge in [-0.05, 0) is 39.7 Å². The van der Waals surface area contributed by atoms with Crippen LogP contribution in [0.15, 0.2) is 0 Å². The van der Waals surface area contributed by atoms with E-state index in [9.17, 15) is 9.59 Å². The monoisotopic (exact) mass is 228 g/mol. The zero-order chi connectivity index (χ0) is 12.3. The maximum absolute atomic E-state index is 11.5. The molecule has 0 radical (unpaired) electrons. The summed E-state index contributed by atoms with van der Waals surface area (Å²) in [5.74, 6) is -0.393. The summed E-state index contributed by atoms with van der Waals surface area (Å²) in [6, 6.07) is 0. The molecule has 0 aliphatic heterocycles. The highest BCUT2D eigenvalue weighted by Crippen LogP contribution is 2.27. The van der Waals surface area contributed by atoms with Gasteiger partial charge in [-0.25, -0.2) is 0 Å². The predicted molar refractivity (Wildman–Crippen MR) is 60.1 cm³/mol. The van der Waals surface area contributed by atoms with E-state index in [1.165, 1.54) is 17.7 Å². The van der Waals surface area contributed by atoms with E-state index < -0.39 is 11.5 Å². The van der Waals surface area contributed by atoms with Crippen molar-refractivity contribution in [2.75, 3.05) is 20.1 Å². The molecule has 16 heavy (non-hydrogen) atoms. The van der Waals surface area contributed by atoms with Crippen molar-refractivity contribution in [1.82, 2.24) is 10.2 Å². The second kappa shape index (κ2) is 4.82. The Morgan fingerprint density at radius 1 is 1.44 bits per heavy atom. The van der Waals surface area contributed by atoms with Gasteiger partial charge in [0.05, 0.1) is 6.54 Å². The van der Waals surface area contributed by atoms with Crippen molar-refractivity contribution >= 4 is 11.9 Å². The molecule has 0 unspecified atom stereocenters. The van der Waals surface area contributed by atoms with Crippen molar-refractivity contribution in [3.63, 3.8) is 0 Å². The average Bonchev–Trinajstić information content (AvgIpc) is 2.97. The number of nitrogens with zero attached hydrogens (tertiary/aromatic N) is 1. The van der Waals surface area contributed by atoms with Crippen LogP contribution in [-0.2, 0) is 9.59 Å². The molecule has 0 aromatic carbocycles. The standard InChI is InChI=1S/C11H20N2O3/c1-11(2,10(15)16)13(3)7-9(14)12-6-8-4-5-8/h8H,4-7H2,1-3H3,(H,12,14)(H,15,16). The summed E-state index contributed by atoms with van der Waals surface area (Å²) in [5.41, 5.74) is -1.02. The molecule has 0 heterocycles.